The van der Waals surface area contributed by atoms with Gasteiger partial charge in [0.1, 0.15) is 23.8 Å². The minimum atomic E-state index is -0.502. The lowest BCUT2D eigenvalue weighted by atomic mass is 10.2. The van der Waals surface area contributed by atoms with Crippen molar-refractivity contribution in [1.29, 1.82) is 0 Å². The van der Waals surface area contributed by atoms with E-state index in [0.717, 1.165) is 0 Å². The number of halogens is 2. The monoisotopic (exact) mass is 583 g/mol. The van der Waals surface area contributed by atoms with Crippen molar-refractivity contribution in [2.24, 2.45) is 5.11 Å². The van der Waals surface area contributed by atoms with Crippen LogP contribution in [0, 0.1) is 5.82 Å². The molecule has 0 fully saturated rings. The molecule has 2 aromatic carbocycles. The van der Waals surface area contributed by atoms with Crippen molar-refractivity contribution in [3.8, 4) is 0 Å². The Kier molecular flexibility index (Phi) is 13.3. The van der Waals surface area contributed by atoms with Crippen LogP contribution in [0.1, 0.15) is 0 Å². The van der Waals surface area contributed by atoms with Crippen molar-refractivity contribution < 1.29 is 18.7 Å². The smallest absolute Gasteiger partial charge is 0.248 e. The summed E-state index contributed by atoms with van der Waals surface area (Å²) in [5, 5.41) is 12.5. The summed E-state index contributed by atoms with van der Waals surface area (Å²) in [6.45, 7) is 3.37. The van der Waals surface area contributed by atoms with Gasteiger partial charge in [0.05, 0.1) is 31.5 Å². The first kappa shape index (κ1) is 31.3. The van der Waals surface area contributed by atoms with Crippen LogP contribution in [-0.4, -0.2) is 73.9 Å². The second-order valence-corrected chi connectivity index (χ2v) is 8.99. The summed E-state index contributed by atoms with van der Waals surface area (Å²) in [5.74, 6) is 0.252. The summed E-state index contributed by atoms with van der Waals surface area (Å²) in [6, 6.07) is 13.2. The molecule has 0 aliphatic rings. The highest BCUT2D eigenvalue weighted by molar-refractivity contribution is 6.31. The molecular formula is C27H31ClFN9O3. The van der Waals surface area contributed by atoms with Crippen LogP contribution in [0.4, 0.5) is 33.1 Å². The molecule has 0 saturated carbocycles. The van der Waals surface area contributed by atoms with E-state index in [1.165, 1.54) is 24.5 Å². The molecule has 0 bridgehead atoms. The fraction of sp³-hybridized carbons (Fsp3) is 0.296. The molecule has 0 spiro atoms. The number of nitrogens with zero attached hydrogens (tertiary/aromatic N) is 6. The molecule has 0 unspecified atom stereocenters. The number of carbonyl (C=O) groups is 1. The van der Waals surface area contributed by atoms with Gasteiger partial charge < -0.3 is 30.3 Å². The Bertz CT molecular complexity index is 1360. The molecule has 12 nitrogen and oxygen atoms in total. The highest BCUT2D eigenvalue weighted by Crippen LogP contribution is 2.24. The Hall–Kier alpha value is -4.26. The first-order valence-corrected chi connectivity index (χ1v) is 13.0. The number of hydrogen-bond donors (Lipinski definition) is 3. The van der Waals surface area contributed by atoms with Gasteiger partial charge in [-0.05, 0) is 49.0 Å². The number of nitrogens with one attached hydrogen (secondary N) is 3. The quantitative estimate of drug-likeness (QED) is 0.0617. The van der Waals surface area contributed by atoms with Crippen molar-refractivity contribution in [3.05, 3.63) is 88.3 Å². The van der Waals surface area contributed by atoms with E-state index in [9.17, 15) is 9.18 Å². The van der Waals surface area contributed by atoms with Crippen molar-refractivity contribution in [1.82, 2.24) is 14.9 Å². The van der Waals surface area contributed by atoms with E-state index in [2.05, 4.69) is 35.9 Å². The number of likely N-dealkylation sites (N-methyl/N-ethyl adjacent to an activating group) is 1. The highest BCUT2D eigenvalue weighted by Gasteiger charge is 2.05. The number of anilines is 5. The lowest BCUT2D eigenvalue weighted by molar-refractivity contribution is -0.111. The normalized spacial score (nSPS) is 10.9. The average molecular weight is 584 g/mol. The van der Waals surface area contributed by atoms with Crippen LogP contribution in [0.15, 0.2) is 72.1 Å². The van der Waals surface area contributed by atoms with E-state index >= 15 is 0 Å². The SMILES string of the molecule is CN(CC=CC(=O)Nc1cccc(Nc2cc(Nc3ccc(F)c(Cl)c3)ncn2)c1)CCOCCOCCN=[N+]=[N-]. The lowest BCUT2D eigenvalue weighted by Crippen LogP contribution is -2.24. The minimum absolute atomic E-state index is 0.00704. The maximum Gasteiger partial charge on any atom is 0.248 e. The molecule has 0 saturated heterocycles. The highest BCUT2D eigenvalue weighted by atomic mass is 35.5. The summed E-state index contributed by atoms with van der Waals surface area (Å²) >= 11 is 5.84. The molecule has 14 heteroatoms. The zero-order valence-corrected chi connectivity index (χ0v) is 23.2. The van der Waals surface area contributed by atoms with Gasteiger partial charge in [-0.25, -0.2) is 14.4 Å². The number of hydrogen-bond acceptors (Lipinski definition) is 9. The molecular weight excluding hydrogens is 553 g/mol. The molecule has 0 aliphatic heterocycles. The van der Waals surface area contributed by atoms with Crippen LogP contribution >= 0.6 is 11.6 Å². The van der Waals surface area contributed by atoms with Crippen molar-refractivity contribution >= 4 is 46.2 Å². The number of azide groups is 1. The van der Waals surface area contributed by atoms with E-state index in [1.807, 2.05) is 24.1 Å². The Morgan fingerprint density at radius 2 is 1.76 bits per heavy atom. The van der Waals surface area contributed by atoms with Gasteiger partial charge >= 0.3 is 0 Å². The zero-order chi connectivity index (χ0) is 29.3. The maximum atomic E-state index is 13.4. The van der Waals surface area contributed by atoms with Gasteiger partial charge in [0.15, 0.2) is 0 Å². The van der Waals surface area contributed by atoms with E-state index in [-0.39, 0.29) is 10.9 Å². The molecule has 1 heterocycles. The lowest BCUT2D eigenvalue weighted by Gasteiger charge is -2.14. The number of aromatic nitrogens is 2. The summed E-state index contributed by atoms with van der Waals surface area (Å²) in [7, 11) is 1.93. The van der Waals surface area contributed by atoms with Crippen LogP contribution in [0.2, 0.25) is 5.02 Å². The van der Waals surface area contributed by atoms with Gasteiger partial charge in [0.2, 0.25) is 5.91 Å². The second kappa shape index (κ2) is 17.4. The predicted octanol–water partition coefficient (Wildman–Crippen LogP) is 5.53. The van der Waals surface area contributed by atoms with Gasteiger partial charge in [-0.15, -0.1) is 0 Å². The van der Waals surface area contributed by atoms with Crippen molar-refractivity contribution in [3.63, 3.8) is 0 Å². The molecule has 1 amide bonds. The Morgan fingerprint density at radius 3 is 2.49 bits per heavy atom. The average Bonchev–Trinajstić information content (AvgIpc) is 2.94. The first-order valence-electron chi connectivity index (χ1n) is 12.7. The number of benzene rings is 2. The van der Waals surface area contributed by atoms with Gasteiger partial charge in [-0.2, -0.15) is 0 Å². The van der Waals surface area contributed by atoms with Crippen molar-refractivity contribution in [2.45, 2.75) is 0 Å². The number of rotatable bonds is 17. The molecule has 3 rings (SSSR count). The summed E-state index contributed by atoms with van der Waals surface area (Å²) < 4.78 is 24.2. The third-order valence-corrected chi connectivity index (χ3v) is 5.63. The summed E-state index contributed by atoms with van der Waals surface area (Å²) in [6.07, 6.45) is 4.65. The third kappa shape index (κ3) is 12.2. The fourth-order valence-corrected chi connectivity index (χ4v) is 3.53. The number of amides is 1. The van der Waals surface area contributed by atoms with Crippen LogP contribution in [0.25, 0.3) is 10.4 Å². The predicted molar refractivity (Wildman–Crippen MR) is 157 cm³/mol. The van der Waals surface area contributed by atoms with E-state index in [0.29, 0.717) is 74.8 Å². The molecule has 3 aromatic rings. The fourth-order valence-electron chi connectivity index (χ4n) is 3.35. The number of ether oxygens (including phenoxy) is 2. The maximum absolute atomic E-state index is 13.4. The van der Waals surface area contributed by atoms with Crippen molar-refractivity contribution in [2.75, 3.05) is 69.1 Å². The Morgan fingerprint density at radius 1 is 1.05 bits per heavy atom. The Labute approximate surface area is 242 Å². The van der Waals surface area contributed by atoms with Crippen LogP contribution in [-0.2, 0) is 14.3 Å². The molecule has 1 aromatic heterocycles. The Balaban J connectivity index is 1.40. The topological polar surface area (TPSA) is 149 Å². The number of carbonyl (C=O) groups excluding carboxylic acids is 1. The second-order valence-electron chi connectivity index (χ2n) is 8.58. The zero-order valence-electron chi connectivity index (χ0n) is 22.5. The minimum Gasteiger partial charge on any atom is -0.379 e. The van der Waals surface area contributed by atoms with Gasteiger partial charge in [0.25, 0.3) is 0 Å². The van der Waals surface area contributed by atoms with E-state index in [4.69, 9.17) is 26.6 Å². The molecule has 0 atom stereocenters. The van der Waals surface area contributed by atoms with Crippen LogP contribution in [0.5, 0.6) is 0 Å². The summed E-state index contributed by atoms with van der Waals surface area (Å²) in [5.41, 5.74) is 10.1. The van der Waals surface area contributed by atoms with Gasteiger partial charge in [0, 0.05) is 53.8 Å². The van der Waals surface area contributed by atoms with Crippen LogP contribution < -0.4 is 16.0 Å². The largest absolute Gasteiger partial charge is 0.379 e. The third-order valence-electron chi connectivity index (χ3n) is 5.34. The molecule has 0 radical (unpaired) electrons. The van der Waals surface area contributed by atoms with E-state index < -0.39 is 5.82 Å². The molecule has 216 valence electrons. The first-order chi connectivity index (χ1) is 19.9. The molecule has 41 heavy (non-hydrogen) atoms. The molecule has 0 aliphatic carbocycles. The van der Waals surface area contributed by atoms with Gasteiger partial charge in [-0.3, -0.25) is 4.79 Å². The summed E-state index contributed by atoms with van der Waals surface area (Å²) in [4.78, 5) is 25.5. The van der Waals surface area contributed by atoms with Gasteiger partial charge in [-0.1, -0.05) is 28.9 Å². The molecule has 3 N–H and O–H groups in total. The van der Waals surface area contributed by atoms with E-state index in [1.54, 1.807) is 30.3 Å². The standard InChI is InChI=1S/C27H31ClFN9O3/c1-38(11-13-41-15-14-40-12-9-33-37-30)10-3-6-27(39)36-21-5-2-4-20(16-21)34-25-18-26(32-19-31-25)35-22-7-8-24(29)23(28)17-22/h2-8,16-19H,9-15H2,1H3,(H,36,39)(H2,31,32,34,35). The van der Waals surface area contributed by atoms with Crippen LogP contribution in [0.3, 0.4) is 0 Å².